The minimum atomic E-state index is -0.343. The van der Waals surface area contributed by atoms with Crippen molar-refractivity contribution in [2.75, 3.05) is 20.7 Å². The van der Waals surface area contributed by atoms with Crippen molar-refractivity contribution >= 4 is 6.03 Å². The molecular weight excluding hydrogens is 158 g/mol. The summed E-state index contributed by atoms with van der Waals surface area (Å²) >= 11 is 0. The SMILES string of the molecule is CN=NC(=O)N(C)[C@H]1CCCO1. The third-order valence-corrected chi connectivity index (χ3v) is 1.82. The van der Waals surface area contributed by atoms with Crippen molar-refractivity contribution in [3.05, 3.63) is 0 Å². The Morgan fingerprint density at radius 3 is 2.92 bits per heavy atom. The third kappa shape index (κ3) is 2.01. The molecule has 0 unspecified atom stereocenters. The Morgan fingerprint density at radius 1 is 1.67 bits per heavy atom. The molecule has 1 saturated heterocycles. The van der Waals surface area contributed by atoms with E-state index in [2.05, 4.69) is 10.2 Å². The van der Waals surface area contributed by atoms with Crippen molar-refractivity contribution in [3.63, 3.8) is 0 Å². The van der Waals surface area contributed by atoms with Crippen molar-refractivity contribution in [2.24, 2.45) is 10.2 Å². The molecule has 2 amide bonds. The van der Waals surface area contributed by atoms with Gasteiger partial charge in [0.25, 0.3) is 0 Å². The van der Waals surface area contributed by atoms with Gasteiger partial charge in [-0.1, -0.05) is 5.11 Å². The lowest BCUT2D eigenvalue weighted by atomic mass is 10.3. The van der Waals surface area contributed by atoms with Crippen LogP contribution in [0.2, 0.25) is 0 Å². The summed E-state index contributed by atoms with van der Waals surface area (Å²) in [7, 11) is 3.15. The van der Waals surface area contributed by atoms with Gasteiger partial charge in [-0.25, -0.2) is 4.79 Å². The Hall–Kier alpha value is -0.970. The standard InChI is InChI=1S/C7H13N3O2/c1-8-9-7(11)10(2)6-4-3-5-12-6/h6H,3-5H2,1-2H3/t6-/m1/s1. The van der Waals surface area contributed by atoms with Gasteiger partial charge in [-0.2, -0.15) is 5.11 Å². The second-order valence-electron chi connectivity index (χ2n) is 2.66. The van der Waals surface area contributed by atoms with Gasteiger partial charge in [-0.05, 0) is 12.8 Å². The molecule has 0 aromatic carbocycles. The Labute approximate surface area is 71.4 Å². The van der Waals surface area contributed by atoms with Crippen molar-refractivity contribution in [1.29, 1.82) is 0 Å². The number of azo groups is 1. The number of rotatable bonds is 1. The fourth-order valence-electron chi connectivity index (χ4n) is 1.15. The van der Waals surface area contributed by atoms with Crippen LogP contribution in [0.3, 0.4) is 0 Å². The number of urea groups is 1. The van der Waals surface area contributed by atoms with E-state index in [0.29, 0.717) is 0 Å². The average molecular weight is 171 g/mol. The molecule has 0 N–H and O–H groups in total. The summed E-state index contributed by atoms with van der Waals surface area (Å²) in [5.74, 6) is 0. The minimum Gasteiger partial charge on any atom is -0.358 e. The molecule has 0 aromatic rings. The number of carbonyl (C=O) groups is 1. The van der Waals surface area contributed by atoms with Gasteiger partial charge in [0.15, 0.2) is 0 Å². The van der Waals surface area contributed by atoms with E-state index in [1.807, 2.05) is 0 Å². The highest BCUT2D eigenvalue weighted by molar-refractivity contribution is 5.74. The van der Waals surface area contributed by atoms with Gasteiger partial charge in [0.1, 0.15) is 6.23 Å². The summed E-state index contributed by atoms with van der Waals surface area (Å²) in [6.07, 6.45) is 1.79. The van der Waals surface area contributed by atoms with Crippen LogP contribution < -0.4 is 0 Å². The maximum atomic E-state index is 11.1. The molecule has 12 heavy (non-hydrogen) atoms. The molecule has 5 heteroatoms. The van der Waals surface area contributed by atoms with E-state index in [1.54, 1.807) is 7.05 Å². The number of amides is 2. The van der Waals surface area contributed by atoms with Gasteiger partial charge in [0, 0.05) is 20.7 Å². The molecule has 0 spiro atoms. The number of ether oxygens (including phenoxy) is 1. The number of carbonyl (C=O) groups excluding carboxylic acids is 1. The molecule has 68 valence electrons. The first-order chi connectivity index (χ1) is 5.75. The normalized spacial score (nSPS) is 23.3. The minimum absolute atomic E-state index is 0.108. The van der Waals surface area contributed by atoms with Gasteiger partial charge in [-0.15, -0.1) is 0 Å². The molecule has 0 bridgehead atoms. The number of nitrogens with zero attached hydrogens (tertiary/aromatic N) is 3. The number of hydrogen-bond acceptors (Lipinski definition) is 3. The van der Waals surface area contributed by atoms with Crippen LogP contribution in [0.25, 0.3) is 0 Å². The summed E-state index contributed by atoms with van der Waals surface area (Å²) in [6.45, 7) is 0.728. The first-order valence-electron chi connectivity index (χ1n) is 3.94. The van der Waals surface area contributed by atoms with Gasteiger partial charge in [-0.3, -0.25) is 4.90 Å². The zero-order chi connectivity index (χ0) is 8.97. The molecular formula is C7H13N3O2. The Morgan fingerprint density at radius 2 is 2.42 bits per heavy atom. The molecule has 0 aliphatic carbocycles. The van der Waals surface area contributed by atoms with E-state index in [0.717, 1.165) is 19.4 Å². The fraction of sp³-hybridized carbons (Fsp3) is 0.857. The van der Waals surface area contributed by atoms with Crippen LogP contribution in [0, 0.1) is 0 Å². The zero-order valence-corrected chi connectivity index (χ0v) is 7.36. The van der Waals surface area contributed by atoms with E-state index in [4.69, 9.17) is 4.74 Å². The lowest BCUT2D eigenvalue weighted by molar-refractivity contribution is 0.0189. The molecule has 1 fully saturated rings. The Kier molecular flexibility index (Phi) is 3.16. The highest BCUT2D eigenvalue weighted by atomic mass is 16.5. The Balaban J connectivity index is 2.45. The van der Waals surface area contributed by atoms with Crippen molar-refractivity contribution in [1.82, 2.24) is 4.90 Å². The van der Waals surface area contributed by atoms with Crippen LogP contribution in [-0.2, 0) is 4.74 Å². The van der Waals surface area contributed by atoms with E-state index in [9.17, 15) is 4.79 Å². The maximum Gasteiger partial charge on any atom is 0.363 e. The van der Waals surface area contributed by atoms with Crippen LogP contribution in [0.15, 0.2) is 10.2 Å². The van der Waals surface area contributed by atoms with E-state index in [1.165, 1.54) is 11.9 Å². The smallest absolute Gasteiger partial charge is 0.358 e. The molecule has 1 aliphatic rings. The van der Waals surface area contributed by atoms with Crippen molar-refractivity contribution in [2.45, 2.75) is 19.1 Å². The second-order valence-corrected chi connectivity index (χ2v) is 2.66. The molecule has 5 nitrogen and oxygen atoms in total. The molecule has 1 aliphatic heterocycles. The summed E-state index contributed by atoms with van der Waals surface area (Å²) in [4.78, 5) is 12.6. The zero-order valence-electron chi connectivity index (χ0n) is 7.36. The van der Waals surface area contributed by atoms with Crippen LogP contribution in [0.5, 0.6) is 0 Å². The van der Waals surface area contributed by atoms with Crippen LogP contribution >= 0.6 is 0 Å². The molecule has 1 heterocycles. The number of hydrogen-bond donors (Lipinski definition) is 0. The summed E-state index contributed by atoms with van der Waals surface area (Å²) in [6, 6.07) is -0.343. The van der Waals surface area contributed by atoms with Crippen LogP contribution in [-0.4, -0.2) is 37.9 Å². The summed E-state index contributed by atoms with van der Waals surface area (Å²) in [5.41, 5.74) is 0. The molecule has 0 saturated carbocycles. The fourth-order valence-corrected chi connectivity index (χ4v) is 1.15. The first kappa shape index (κ1) is 9.12. The molecule has 0 radical (unpaired) electrons. The monoisotopic (exact) mass is 171 g/mol. The highest BCUT2D eigenvalue weighted by Gasteiger charge is 2.23. The van der Waals surface area contributed by atoms with Crippen LogP contribution in [0.4, 0.5) is 4.79 Å². The molecule has 0 aromatic heterocycles. The average Bonchev–Trinajstić information content (AvgIpc) is 2.55. The highest BCUT2D eigenvalue weighted by Crippen LogP contribution is 2.15. The van der Waals surface area contributed by atoms with E-state index < -0.39 is 0 Å². The lowest BCUT2D eigenvalue weighted by Gasteiger charge is -2.20. The lowest BCUT2D eigenvalue weighted by Crippen LogP contribution is -2.34. The van der Waals surface area contributed by atoms with Gasteiger partial charge >= 0.3 is 6.03 Å². The van der Waals surface area contributed by atoms with Gasteiger partial charge < -0.3 is 4.74 Å². The van der Waals surface area contributed by atoms with E-state index >= 15 is 0 Å². The quantitative estimate of drug-likeness (QED) is 0.557. The topological polar surface area (TPSA) is 54.3 Å². The summed E-state index contributed by atoms with van der Waals surface area (Å²) in [5, 5.41) is 6.81. The van der Waals surface area contributed by atoms with Crippen molar-refractivity contribution in [3.8, 4) is 0 Å². The Bertz CT molecular complexity index is 187. The predicted octanol–water partition coefficient (Wildman–Crippen LogP) is 1.26. The molecule has 1 atom stereocenters. The third-order valence-electron chi connectivity index (χ3n) is 1.82. The second kappa shape index (κ2) is 4.15. The van der Waals surface area contributed by atoms with Gasteiger partial charge in [0.05, 0.1) is 0 Å². The molecule has 1 rings (SSSR count). The van der Waals surface area contributed by atoms with Crippen molar-refractivity contribution < 1.29 is 9.53 Å². The summed E-state index contributed by atoms with van der Waals surface area (Å²) < 4.78 is 5.29. The first-order valence-corrected chi connectivity index (χ1v) is 3.94. The maximum absolute atomic E-state index is 11.1. The van der Waals surface area contributed by atoms with E-state index in [-0.39, 0.29) is 12.3 Å². The predicted molar refractivity (Wildman–Crippen MR) is 42.9 cm³/mol. The van der Waals surface area contributed by atoms with Gasteiger partial charge in [0.2, 0.25) is 0 Å². The van der Waals surface area contributed by atoms with Crippen LogP contribution in [0.1, 0.15) is 12.8 Å². The largest absolute Gasteiger partial charge is 0.363 e.